The van der Waals surface area contributed by atoms with E-state index in [9.17, 15) is 43.2 Å². The minimum atomic E-state index is -4.96. The van der Waals surface area contributed by atoms with Crippen molar-refractivity contribution < 1.29 is 80.2 Å². The molecule has 0 aliphatic rings. The summed E-state index contributed by atoms with van der Waals surface area (Å²) in [4.78, 5) is 72.8. The minimum Gasteiger partial charge on any atom is -0.462 e. The molecule has 2 unspecified atom stereocenters. The topological polar surface area (TPSA) is 237 Å². The Morgan fingerprint density at radius 3 is 0.716 bits per heavy atom. The number of ether oxygens (including phenoxy) is 4. The summed E-state index contributed by atoms with van der Waals surface area (Å²) in [5.74, 6) is -0.555. The molecule has 0 heterocycles. The second-order valence-electron chi connectivity index (χ2n) is 28.3. The molecule has 0 aromatic carbocycles. The van der Waals surface area contributed by atoms with Gasteiger partial charge in [0, 0.05) is 25.7 Å². The van der Waals surface area contributed by atoms with Gasteiger partial charge in [0.2, 0.25) is 0 Å². The summed E-state index contributed by atoms with van der Waals surface area (Å²) < 4.78 is 68.6. The van der Waals surface area contributed by atoms with Crippen molar-refractivity contribution in [2.75, 3.05) is 39.6 Å². The van der Waals surface area contributed by atoms with Gasteiger partial charge >= 0.3 is 39.5 Å². The first-order valence-corrected chi connectivity index (χ1v) is 42.5. The molecule has 0 radical (unpaired) electrons. The molecular weight excluding hydrogens is 1250 g/mol. The van der Waals surface area contributed by atoms with Gasteiger partial charge in [0.25, 0.3) is 0 Å². The van der Waals surface area contributed by atoms with Crippen LogP contribution in [0.2, 0.25) is 0 Å². The van der Waals surface area contributed by atoms with E-state index in [2.05, 4.69) is 41.5 Å². The highest BCUT2D eigenvalue weighted by Gasteiger charge is 2.30. The molecule has 0 aromatic heterocycles. The molecule has 0 saturated heterocycles. The van der Waals surface area contributed by atoms with E-state index in [1.54, 1.807) is 0 Å². The van der Waals surface area contributed by atoms with E-state index < -0.39 is 97.5 Å². The van der Waals surface area contributed by atoms with Crippen molar-refractivity contribution in [1.29, 1.82) is 0 Å². The fourth-order valence-corrected chi connectivity index (χ4v) is 13.2. The molecule has 564 valence electrons. The Kier molecular flexibility index (Phi) is 66.5. The molecular formula is C76H148O17P2. The molecule has 0 saturated carbocycles. The van der Waals surface area contributed by atoms with Crippen LogP contribution in [0.4, 0.5) is 0 Å². The number of rotatable bonds is 75. The van der Waals surface area contributed by atoms with Gasteiger partial charge < -0.3 is 33.8 Å². The van der Waals surface area contributed by atoms with Crippen LogP contribution in [0.3, 0.4) is 0 Å². The highest BCUT2D eigenvalue weighted by molar-refractivity contribution is 7.47. The van der Waals surface area contributed by atoms with Gasteiger partial charge in [-0.15, -0.1) is 0 Å². The molecule has 0 amide bonds. The van der Waals surface area contributed by atoms with Crippen LogP contribution in [0, 0.1) is 11.8 Å². The van der Waals surface area contributed by atoms with E-state index in [-0.39, 0.29) is 25.7 Å². The van der Waals surface area contributed by atoms with Crippen LogP contribution in [0.15, 0.2) is 0 Å². The number of phosphoric ester groups is 2. The summed E-state index contributed by atoms with van der Waals surface area (Å²) in [6, 6.07) is 0. The Morgan fingerprint density at radius 2 is 0.484 bits per heavy atom. The maximum atomic E-state index is 13.1. The lowest BCUT2D eigenvalue weighted by molar-refractivity contribution is -0.161. The first-order valence-electron chi connectivity index (χ1n) is 39.5. The Hall–Kier alpha value is -1.94. The van der Waals surface area contributed by atoms with Gasteiger partial charge in [-0.2, -0.15) is 0 Å². The number of aliphatic hydroxyl groups excluding tert-OH is 1. The van der Waals surface area contributed by atoms with Crippen LogP contribution in [-0.2, 0) is 65.4 Å². The number of phosphoric acid groups is 2. The number of esters is 4. The third kappa shape index (κ3) is 70.3. The Balaban J connectivity index is 5.26. The molecule has 17 nitrogen and oxygen atoms in total. The van der Waals surface area contributed by atoms with Crippen LogP contribution in [-0.4, -0.2) is 96.7 Å². The molecule has 95 heavy (non-hydrogen) atoms. The molecule has 0 spiro atoms. The van der Waals surface area contributed by atoms with Gasteiger partial charge in [-0.25, -0.2) is 9.13 Å². The van der Waals surface area contributed by atoms with Crippen LogP contribution in [0.1, 0.15) is 395 Å². The maximum Gasteiger partial charge on any atom is 0.472 e. The Morgan fingerprint density at radius 1 is 0.284 bits per heavy atom. The van der Waals surface area contributed by atoms with E-state index in [4.69, 9.17) is 37.0 Å². The zero-order valence-electron chi connectivity index (χ0n) is 62.0. The van der Waals surface area contributed by atoms with E-state index in [1.807, 2.05) is 0 Å². The van der Waals surface area contributed by atoms with Gasteiger partial charge in [-0.05, 0) is 37.5 Å². The third-order valence-corrected chi connectivity index (χ3v) is 19.6. The predicted octanol–water partition coefficient (Wildman–Crippen LogP) is 22.3. The number of carbonyl (C=O) groups is 4. The van der Waals surface area contributed by atoms with E-state index in [0.717, 1.165) is 102 Å². The number of aliphatic hydroxyl groups is 1. The van der Waals surface area contributed by atoms with Gasteiger partial charge in [0.05, 0.1) is 26.4 Å². The van der Waals surface area contributed by atoms with Crippen molar-refractivity contribution >= 4 is 39.5 Å². The minimum absolute atomic E-state index is 0.107. The smallest absolute Gasteiger partial charge is 0.462 e. The second kappa shape index (κ2) is 67.9. The lowest BCUT2D eigenvalue weighted by Gasteiger charge is -2.21. The first kappa shape index (κ1) is 93.1. The molecule has 3 N–H and O–H groups in total. The normalized spacial score (nSPS) is 14.0. The molecule has 0 aliphatic heterocycles. The zero-order chi connectivity index (χ0) is 70.0. The quantitative estimate of drug-likeness (QED) is 0.0222. The van der Waals surface area contributed by atoms with Crippen molar-refractivity contribution in [3.05, 3.63) is 0 Å². The summed E-state index contributed by atoms with van der Waals surface area (Å²) >= 11 is 0. The van der Waals surface area contributed by atoms with E-state index in [1.165, 1.54) is 212 Å². The zero-order valence-corrected chi connectivity index (χ0v) is 63.8. The van der Waals surface area contributed by atoms with Crippen LogP contribution in [0.25, 0.3) is 0 Å². The SMILES string of the molecule is CCCCCCCCCCCCCCCC(=O)O[C@H](COC(=O)CCCCCCCCCCCCCC)COP(=O)(O)OC[C@H](O)COP(=O)(O)OC[C@@H](COC(=O)CCCCCCCCCCCCCC(C)C)OC(=O)CCCCCCCCCCCCCCCC(C)C. The fourth-order valence-electron chi connectivity index (χ4n) is 11.7. The highest BCUT2D eigenvalue weighted by Crippen LogP contribution is 2.45. The number of carbonyl (C=O) groups excluding carboxylic acids is 4. The summed E-state index contributed by atoms with van der Waals surface area (Å²) in [6.45, 7) is 9.62. The van der Waals surface area contributed by atoms with Gasteiger partial charge in [-0.1, -0.05) is 343 Å². The molecule has 0 aromatic rings. The molecule has 0 bridgehead atoms. The van der Waals surface area contributed by atoms with Gasteiger partial charge in [0.1, 0.15) is 19.3 Å². The number of hydrogen-bond acceptors (Lipinski definition) is 15. The van der Waals surface area contributed by atoms with E-state index in [0.29, 0.717) is 25.7 Å². The third-order valence-electron chi connectivity index (χ3n) is 17.7. The standard InChI is InChI=1S/C76H148O17P2/c1-7-9-11-13-15-17-19-22-29-36-42-48-54-60-75(80)92-71(64-86-73(78)58-52-46-40-34-28-20-18-16-14-12-10-8-2)66-90-94(82,83)88-62-70(77)63-89-95(84,85)91-67-72(65-87-74(79)59-53-47-41-35-31-25-27-33-39-45-51-57-69(5)6)93-76(81)61-55-49-43-37-30-24-21-23-26-32-38-44-50-56-68(3)4/h68-72,77H,7-67H2,1-6H3,(H,82,83)(H,84,85)/t70-,71+,72+/m0/s1. The van der Waals surface area contributed by atoms with Crippen molar-refractivity contribution in [2.24, 2.45) is 11.8 Å². The maximum absolute atomic E-state index is 13.1. The molecule has 0 rings (SSSR count). The number of unbranched alkanes of at least 4 members (excludes halogenated alkanes) is 45. The van der Waals surface area contributed by atoms with Crippen LogP contribution in [0.5, 0.6) is 0 Å². The Bertz CT molecular complexity index is 1840. The lowest BCUT2D eigenvalue weighted by Crippen LogP contribution is -2.30. The summed E-state index contributed by atoms with van der Waals surface area (Å²) in [7, 11) is -9.91. The van der Waals surface area contributed by atoms with Crippen LogP contribution >= 0.6 is 15.6 Å². The van der Waals surface area contributed by atoms with Crippen LogP contribution < -0.4 is 0 Å². The lowest BCUT2D eigenvalue weighted by atomic mass is 10.0. The average Bonchev–Trinajstić information content (AvgIpc) is 1.61. The van der Waals surface area contributed by atoms with Crippen molar-refractivity contribution in [3.8, 4) is 0 Å². The molecule has 19 heteroatoms. The van der Waals surface area contributed by atoms with Gasteiger partial charge in [0.15, 0.2) is 12.2 Å². The van der Waals surface area contributed by atoms with E-state index >= 15 is 0 Å². The summed E-state index contributed by atoms with van der Waals surface area (Å²) in [6.07, 6.45) is 55.3. The second-order valence-corrected chi connectivity index (χ2v) is 31.3. The molecule has 0 aliphatic carbocycles. The molecule has 5 atom stereocenters. The largest absolute Gasteiger partial charge is 0.472 e. The average molecular weight is 1400 g/mol. The fraction of sp³-hybridized carbons (Fsp3) is 0.947. The summed E-state index contributed by atoms with van der Waals surface area (Å²) in [5.41, 5.74) is 0. The highest BCUT2D eigenvalue weighted by atomic mass is 31.2. The Labute approximate surface area is 581 Å². The van der Waals surface area contributed by atoms with Crippen molar-refractivity contribution in [2.45, 2.75) is 413 Å². The molecule has 0 fully saturated rings. The predicted molar refractivity (Wildman–Crippen MR) is 386 cm³/mol. The first-order chi connectivity index (χ1) is 45.9. The van der Waals surface area contributed by atoms with Crippen molar-refractivity contribution in [1.82, 2.24) is 0 Å². The van der Waals surface area contributed by atoms with Crippen molar-refractivity contribution in [3.63, 3.8) is 0 Å². The summed E-state index contributed by atoms with van der Waals surface area (Å²) in [5, 5.41) is 10.6. The monoisotopic (exact) mass is 1400 g/mol. The number of hydrogen-bond donors (Lipinski definition) is 3. The van der Waals surface area contributed by atoms with Gasteiger partial charge in [-0.3, -0.25) is 37.3 Å².